The topological polar surface area (TPSA) is 91.8 Å². The molecule has 1 aromatic carbocycles. The zero-order chi connectivity index (χ0) is 22.8. The molecule has 1 saturated heterocycles. The predicted octanol–water partition coefficient (Wildman–Crippen LogP) is 2.86. The highest BCUT2D eigenvalue weighted by Gasteiger charge is 2.48. The van der Waals surface area contributed by atoms with Gasteiger partial charge < -0.3 is 16.0 Å². The van der Waals surface area contributed by atoms with Gasteiger partial charge in [-0.3, -0.25) is 9.78 Å². The Morgan fingerprint density at radius 3 is 2.64 bits per heavy atom. The molecule has 2 aliphatic rings. The van der Waals surface area contributed by atoms with E-state index in [4.69, 9.17) is 0 Å². The molecule has 0 spiro atoms. The van der Waals surface area contributed by atoms with Crippen LogP contribution in [0.5, 0.6) is 0 Å². The van der Waals surface area contributed by atoms with E-state index in [1.165, 1.54) is 18.3 Å². The van der Waals surface area contributed by atoms with Gasteiger partial charge in [0.15, 0.2) is 0 Å². The number of rotatable bonds is 7. The molecule has 5 rings (SSSR count). The molecule has 9 heteroatoms. The first kappa shape index (κ1) is 21.4. The van der Waals surface area contributed by atoms with E-state index in [1.807, 2.05) is 12.1 Å². The number of nitrogens with zero attached hydrogens (tertiary/aromatic N) is 3. The van der Waals surface area contributed by atoms with Crippen molar-refractivity contribution in [3.05, 3.63) is 71.8 Å². The van der Waals surface area contributed by atoms with Crippen LogP contribution in [0.3, 0.4) is 0 Å². The van der Waals surface area contributed by atoms with Crippen LogP contribution in [0.4, 0.5) is 14.6 Å². The number of amides is 1. The van der Waals surface area contributed by atoms with Crippen LogP contribution < -0.4 is 16.0 Å². The summed E-state index contributed by atoms with van der Waals surface area (Å²) in [6.07, 6.45) is 0.987. The standard InChI is InChI=1S/C24H24F2N6O/c25-17-10-24(11-17,22-19(26)5-2-8-28-22)14-29-21-7-6-20(31-32-21)15-3-1-4-16(9-15)23(33)30-18-12-27-13-18/h1-9,17-18,27H,10-14H2,(H,29,32)(H,30,33)/t17-,24-. The lowest BCUT2D eigenvalue weighted by atomic mass is 9.65. The molecule has 3 aromatic rings. The van der Waals surface area contributed by atoms with Gasteiger partial charge in [0.1, 0.15) is 17.8 Å². The maximum atomic E-state index is 14.3. The molecule has 0 unspecified atom stereocenters. The van der Waals surface area contributed by atoms with Crippen molar-refractivity contribution in [2.45, 2.75) is 30.5 Å². The van der Waals surface area contributed by atoms with Crippen molar-refractivity contribution in [1.29, 1.82) is 0 Å². The molecular weight excluding hydrogens is 426 g/mol. The smallest absolute Gasteiger partial charge is 0.251 e. The maximum Gasteiger partial charge on any atom is 0.251 e. The monoisotopic (exact) mass is 450 g/mol. The predicted molar refractivity (Wildman–Crippen MR) is 120 cm³/mol. The summed E-state index contributed by atoms with van der Waals surface area (Å²) in [6, 6.07) is 13.8. The molecule has 1 aliphatic carbocycles. The van der Waals surface area contributed by atoms with Gasteiger partial charge in [-0.1, -0.05) is 12.1 Å². The van der Waals surface area contributed by atoms with E-state index >= 15 is 0 Å². The summed E-state index contributed by atoms with van der Waals surface area (Å²) < 4.78 is 28.1. The third kappa shape index (κ3) is 4.41. The van der Waals surface area contributed by atoms with Gasteiger partial charge in [-0.05, 0) is 49.2 Å². The zero-order valence-electron chi connectivity index (χ0n) is 17.9. The second kappa shape index (κ2) is 8.82. The van der Waals surface area contributed by atoms with Crippen molar-refractivity contribution < 1.29 is 13.6 Å². The van der Waals surface area contributed by atoms with E-state index in [9.17, 15) is 13.6 Å². The van der Waals surface area contributed by atoms with Crippen LogP contribution in [0.1, 0.15) is 28.9 Å². The van der Waals surface area contributed by atoms with Crippen molar-refractivity contribution in [1.82, 2.24) is 25.8 Å². The number of alkyl halides is 1. The molecule has 3 heterocycles. The van der Waals surface area contributed by atoms with Crippen LogP contribution >= 0.6 is 0 Å². The van der Waals surface area contributed by atoms with E-state index in [1.54, 1.807) is 24.3 Å². The van der Waals surface area contributed by atoms with Crippen molar-refractivity contribution in [2.24, 2.45) is 0 Å². The first-order chi connectivity index (χ1) is 16.0. The molecule has 0 radical (unpaired) electrons. The molecule has 7 nitrogen and oxygen atoms in total. The van der Waals surface area contributed by atoms with E-state index in [-0.39, 0.29) is 30.5 Å². The lowest BCUT2D eigenvalue weighted by molar-refractivity contribution is 0.0923. The van der Waals surface area contributed by atoms with Crippen LogP contribution in [0.15, 0.2) is 54.7 Å². The van der Waals surface area contributed by atoms with Crippen molar-refractivity contribution in [3.63, 3.8) is 0 Å². The minimum Gasteiger partial charge on any atom is -0.368 e. The Morgan fingerprint density at radius 1 is 1.12 bits per heavy atom. The van der Waals surface area contributed by atoms with E-state index < -0.39 is 17.4 Å². The minimum atomic E-state index is -0.966. The number of hydrogen-bond donors (Lipinski definition) is 3. The summed E-state index contributed by atoms with van der Waals surface area (Å²) in [5, 5.41) is 17.7. The number of hydrogen-bond acceptors (Lipinski definition) is 6. The number of carbonyl (C=O) groups excluding carboxylic acids is 1. The summed E-state index contributed by atoms with van der Waals surface area (Å²) in [7, 11) is 0. The fourth-order valence-electron chi connectivity index (χ4n) is 4.31. The van der Waals surface area contributed by atoms with Crippen LogP contribution in [-0.4, -0.2) is 52.9 Å². The molecule has 2 fully saturated rings. The molecule has 1 aliphatic heterocycles. The third-order valence-electron chi connectivity index (χ3n) is 6.29. The quantitative estimate of drug-likeness (QED) is 0.513. The maximum absolute atomic E-state index is 14.3. The number of pyridine rings is 1. The van der Waals surface area contributed by atoms with Gasteiger partial charge in [0.2, 0.25) is 0 Å². The van der Waals surface area contributed by atoms with Gasteiger partial charge >= 0.3 is 0 Å². The average molecular weight is 450 g/mol. The molecule has 0 atom stereocenters. The second-order valence-corrected chi connectivity index (χ2v) is 8.69. The zero-order valence-corrected chi connectivity index (χ0v) is 17.9. The molecule has 170 valence electrons. The third-order valence-corrected chi connectivity index (χ3v) is 6.29. The first-order valence-electron chi connectivity index (χ1n) is 11.0. The van der Waals surface area contributed by atoms with Gasteiger partial charge in [0.05, 0.1) is 17.4 Å². The van der Waals surface area contributed by atoms with Crippen molar-refractivity contribution >= 4 is 11.7 Å². The Bertz CT molecular complexity index is 1150. The lowest BCUT2D eigenvalue weighted by Gasteiger charge is -2.44. The van der Waals surface area contributed by atoms with Crippen LogP contribution in [0, 0.1) is 5.82 Å². The van der Waals surface area contributed by atoms with Gasteiger partial charge in [0, 0.05) is 42.4 Å². The first-order valence-corrected chi connectivity index (χ1v) is 11.0. The van der Waals surface area contributed by atoms with E-state index in [0.717, 1.165) is 18.7 Å². The van der Waals surface area contributed by atoms with Crippen LogP contribution in [-0.2, 0) is 5.41 Å². The fourth-order valence-corrected chi connectivity index (χ4v) is 4.31. The number of nitrogens with one attached hydrogen (secondary N) is 3. The molecule has 0 bridgehead atoms. The van der Waals surface area contributed by atoms with Gasteiger partial charge in [-0.25, -0.2) is 8.78 Å². The summed E-state index contributed by atoms with van der Waals surface area (Å²) in [5.41, 5.74) is 1.54. The van der Waals surface area contributed by atoms with Crippen molar-refractivity contribution in [3.8, 4) is 11.3 Å². The molecule has 1 saturated carbocycles. The summed E-state index contributed by atoms with van der Waals surface area (Å²) in [4.78, 5) is 16.6. The molecule has 2 aromatic heterocycles. The van der Waals surface area contributed by atoms with Gasteiger partial charge in [-0.15, -0.1) is 10.2 Å². The number of anilines is 1. The van der Waals surface area contributed by atoms with Gasteiger partial charge in [-0.2, -0.15) is 0 Å². The molecular formula is C24H24F2N6O. The Balaban J connectivity index is 1.27. The highest BCUT2D eigenvalue weighted by atomic mass is 19.1. The summed E-state index contributed by atoms with van der Waals surface area (Å²) in [5.74, 6) is -0.0402. The Kier molecular flexibility index (Phi) is 5.72. The summed E-state index contributed by atoms with van der Waals surface area (Å²) >= 11 is 0. The SMILES string of the molecule is O=C(NC1CNC1)c1cccc(-c2ccc(NC[C@]3(c4ncccc4F)C[C@H](F)C3)nn2)c1. The minimum absolute atomic E-state index is 0.117. The fraction of sp³-hybridized carbons (Fsp3) is 0.333. The normalized spacial score (nSPS) is 22.2. The van der Waals surface area contributed by atoms with Crippen molar-refractivity contribution in [2.75, 3.05) is 25.0 Å². The number of aromatic nitrogens is 3. The Hall–Kier alpha value is -3.46. The second-order valence-electron chi connectivity index (χ2n) is 8.69. The average Bonchev–Trinajstić information content (AvgIpc) is 2.79. The molecule has 1 amide bonds. The van der Waals surface area contributed by atoms with Crippen LogP contribution in [0.25, 0.3) is 11.3 Å². The van der Waals surface area contributed by atoms with Gasteiger partial charge in [0.25, 0.3) is 5.91 Å². The van der Waals surface area contributed by atoms with Crippen LogP contribution in [0.2, 0.25) is 0 Å². The lowest BCUT2D eigenvalue weighted by Crippen LogP contribution is -2.56. The summed E-state index contributed by atoms with van der Waals surface area (Å²) in [6.45, 7) is 1.87. The van der Waals surface area contributed by atoms with E-state index in [0.29, 0.717) is 23.6 Å². The number of carbonyl (C=O) groups is 1. The number of halogens is 2. The largest absolute Gasteiger partial charge is 0.368 e. The molecule has 3 N–H and O–H groups in total. The Labute approximate surface area is 190 Å². The van der Waals surface area contributed by atoms with E-state index in [2.05, 4.69) is 31.1 Å². The highest BCUT2D eigenvalue weighted by Crippen LogP contribution is 2.45. The number of benzene rings is 1. The molecule has 33 heavy (non-hydrogen) atoms. The Morgan fingerprint density at radius 2 is 1.97 bits per heavy atom. The highest BCUT2D eigenvalue weighted by molar-refractivity contribution is 5.95.